The molecule has 1 N–H and O–H groups in total. The highest BCUT2D eigenvalue weighted by atomic mass is 35.5. The summed E-state index contributed by atoms with van der Waals surface area (Å²) in [5, 5.41) is 13.7. The molecule has 0 saturated heterocycles. The second-order valence-electron chi connectivity index (χ2n) is 4.19. The molecule has 2 aromatic carbocycles. The molecule has 6 heteroatoms. The zero-order chi connectivity index (χ0) is 14.7. The number of nitrogens with zero attached hydrogens (tertiary/aromatic N) is 1. The van der Waals surface area contributed by atoms with Crippen molar-refractivity contribution in [2.45, 2.75) is 6.92 Å². The Labute approximate surface area is 120 Å². The van der Waals surface area contributed by atoms with Gasteiger partial charge < -0.3 is 5.32 Å². The maximum absolute atomic E-state index is 12.1. The lowest BCUT2D eigenvalue weighted by Gasteiger charge is -2.08. The summed E-state index contributed by atoms with van der Waals surface area (Å²) in [4.78, 5) is 22.5. The summed E-state index contributed by atoms with van der Waals surface area (Å²) in [5.41, 5.74) is 1.14. The number of carbonyl (C=O) groups excluding carboxylic acids is 1. The van der Waals surface area contributed by atoms with E-state index in [1.165, 1.54) is 18.2 Å². The van der Waals surface area contributed by atoms with Gasteiger partial charge in [0.2, 0.25) is 0 Å². The Bertz CT molecular complexity index is 686. The molecule has 0 unspecified atom stereocenters. The zero-order valence-electron chi connectivity index (χ0n) is 10.6. The Hall–Kier alpha value is -2.40. The fourth-order valence-electron chi connectivity index (χ4n) is 1.78. The predicted molar refractivity (Wildman–Crippen MR) is 77.2 cm³/mol. The molecule has 102 valence electrons. The number of carbonyl (C=O) groups is 1. The van der Waals surface area contributed by atoms with E-state index in [9.17, 15) is 14.9 Å². The lowest BCUT2D eigenvalue weighted by atomic mass is 10.1. The molecule has 0 radical (unpaired) electrons. The summed E-state index contributed by atoms with van der Waals surface area (Å²) in [5.74, 6) is -0.395. The van der Waals surface area contributed by atoms with E-state index in [-0.39, 0.29) is 16.4 Å². The number of halogens is 1. The lowest BCUT2D eigenvalue weighted by molar-refractivity contribution is -0.383. The van der Waals surface area contributed by atoms with Gasteiger partial charge in [-0.2, -0.15) is 0 Å². The van der Waals surface area contributed by atoms with Gasteiger partial charge in [0.05, 0.1) is 4.92 Å². The molecule has 20 heavy (non-hydrogen) atoms. The summed E-state index contributed by atoms with van der Waals surface area (Å²) in [6.45, 7) is 1.80. The van der Waals surface area contributed by atoms with Crippen LogP contribution in [0.15, 0.2) is 42.5 Å². The van der Waals surface area contributed by atoms with E-state index in [1.54, 1.807) is 25.1 Å². The minimum absolute atomic E-state index is 0.118. The molecule has 0 aliphatic heterocycles. The first-order chi connectivity index (χ1) is 9.49. The van der Waals surface area contributed by atoms with Gasteiger partial charge in [0.25, 0.3) is 11.6 Å². The third kappa shape index (κ3) is 2.95. The van der Waals surface area contributed by atoms with Crippen molar-refractivity contribution >= 4 is 28.9 Å². The Balaban J connectivity index is 2.33. The smallest absolute Gasteiger partial charge is 0.294 e. The first-order valence-corrected chi connectivity index (χ1v) is 6.18. The molecular formula is C14H11ClN2O3. The van der Waals surface area contributed by atoms with Crippen molar-refractivity contribution in [1.82, 2.24) is 0 Å². The third-order valence-corrected chi connectivity index (χ3v) is 3.03. The minimum Gasteiger partial charge on any atom is -0.316 e. The standard InChI is InChI=1S/C14H11ClN2O3/c1-9-4-2-3-5-11(9)14(18)16-12-7-6-10(15)8-13(12)17(19)20/h2-8H,1H3,(H,16,18). The first-order valence-electron chi connectivity index (χ1n) is 5.80. The van der Waals surface area contributed by atoms with Gasteiger partial charge in [-0.25, -0.2) is 0 Å². The maximum atomic E-state index is 12.1. The molecule has 0 aromatic heterocycles. The van der Waals surface area contributed by atoms with Crippen molar-refractivity contribution in [3.05, 3.63) is 68.7 Å². The molecule has 5 nitrogen and oxygen atoms in total. The highest BCUT2D eigenvalue weighted by Crippen LogP contribution is 2.28. The number of hydrogen-bond acceptors (Lipinski definition) is 3. The van der Waals surface area contributed by atoms with Gasteiger partial charge in [-0.15, -0.1) is 0 Å². The van der Waals surface area contributed by atoms with Gasteiger partial charge in [-0.05, 0) is 30.7 Å². The van der Waals surface area contributed by atoms with Crippen LogP contribution in [0.1, 0.15) is 15.9 Å². The maximum Gasteiger partial charge on any atom is 0.294 e. The molecule has 0 bridgehead atoms. The molecule has 1 amide bonds. The number of nitro groups is 1. The van der Waals surface area contributed by atoms with E-state index < -0.39 is 10.8 Å². The topological polar surface area (TPSA) is 72.2 Å². The fourth-order valence-corrected chi connectivity index (χ4v) is 1.95. The van der Waals surface area contributed by atoms with Gasteiger partial charge in [-0.3, -0.25) is 14.9 Å². The van der Waals surface area contributed by atoms with Crippen LogP contribution in [0.25, 0.3) is 0 Å². The van der Waals surface area contributed by atoms with Gasteiger partial charge in [0.1, 0.15) is 5.69 Å². The molecule has 2 aromatic rings. The van der Waals surface area contributed by atoms with Crippen molar-refractivity contribution in [3.63, 3.8) is 0 Å². The van der Waals surface area contributed by atoms with Crippen LogP contribution in [0.3, 0.4) is 0 Å². The number of nitrogens with one attached hydrogen (secondary N) is 1. The second kappa shape index (κ2) is 5.71. The summed E-state index contributed by atoms with van der Waals surface area (Å²) >= 11 is 5.72. The van der Waals surface area contributed by atoms with Crippen molar-refractivity contribution in [2.24, 2.45) is 0 Å². The Morgan fingerprint density at radius 3 is 2.60 bits per heavy atom. The fraction of sp³-hybridized carbons (Fsp3) is 0.0714. The quantitative estimate of drug-likeness (QED) is 0.690. The van der Waals surface area contributed by atoms with E-state index in [2.05, 4.69) is 5.32 Å². The van der Waals surface area contributed by atoms with Gasteiger partial charge in [0, 0.05) is 16.7 Å². The van der Waals surface area contributed by atoms with Crippen LogP contribution in [-0.4, -0.2) is 10.8 Å². The molecule has 0 heterocycles. The zero-order valence-corrected chi connectivity index (χ0v) is 11.3. The molecule has 0 fully saturated rings. The molecule has 0 atom stereocenters. The summed E-state index contributed by atoms with van der Waals surface area (Å²) in [7, 11) is 0. The third-order valence-electron chi connectivity index (χ3n) is 2.79. The number of hydrogen-bond donors (Lipinski definition) is 1. The van der Waals surface area contributed by atoms with Gasteiger partial charge in [0.15, 0.2) is 0 Å². The largest absolute Gasteiger partial charge is 0.316 e. The van der Waals surface area contributed by atoms with Gasteiger partial charge in [-0.1, -0.05) is 29.8 Å². The Morgan fingerprint density at radius 2 is 1.95 bits per heavy atom. The lowest BCUT2D eigenvalue weighted by Crippen LogP contribution is -2.14. The molecule has 2 rings (SSSR count). The van der Waals surface area contributed by atoms with E-state index >= 15 is 0 Å². The Kier molecular flexibility index (Phi) is 4.00. The van der Waals surface area contributed by atoms with Crippen molar-refractivity contribution in [1.29, 1.82) is 0 Å². The van der Waals surface area contributed by atoms with Crippen LogP contribution in [0.5, 0.6) is 0 Å². The number of rotatable bonds is 3. The average Bonchev–Trinajstić information content (AvgIpc) is 2.41. The SMILES string of the molecule is Cc1ccccc1C(=O)Nc1ccc(Cl)cc1[N+](=O)[O-]. The molecule has 0 spiro atoms. The van der Waals surface area contributed by atoms with Crippen LogP contribution < -0.4 is 5.32 Å². The van der Waals surface area contributed by atoms with Crippen LogP contribution in [0, 0.1) is 17.0 Å². The monoisotopic (exact) mass is 290 g/mol. The minimum atomic E-state index is -0.584. The summed E-state index contributed by atoms with van der Waals surface area (Å²) < 4.78 is 0. The van der Waals surface area contributed by atoms with Crippen molar-refractivity contribution < 1.29 is 9.72 Å². The van der Waals surface area contributed by atoms with Crippen molar-refractivity contribution in [2.75, 3.05) is 5.32 Å². The molecule has 0 saturated carbocycles. The van der Waals surface area contributed by atoms with Crippen LogP contribution in [0.4, 0.5) is 11.4 Å². The van der Waals surface area contributed by atoms with E-state index in [4.69, 9.17) is 11.6 Å². The van der Waals surface area contributed by atoms with E-state index in [1.807, 2.05) is 6.07 Å². The predicted octanol–water partition coefficient (Wildman–Crippen LogP) is 3.81. The molecular weight excluding hydrogens is 280 g/mol. The number of anilines is 1. The van der Waals surface area contributed by atoms with Crippen LogP contribution in [-0.2, 0) is 0 Å². The average molecular weight is 291 g/mol. The highest BCUT2D eigenvalue weighted by Gasteiger charge is 2.17. The number of benzene rings is 2. The summed E-state index contributed by atoms with van der Waals surface area (Å²) in [6, 6.07) is 11.1. The normalized spacial score (nSPS) is 10.1. The number of amides is 1. The number of nitro benzene ring substituents is 1. The molecule has 0 aliphatic rings. The van der Waals surface area contributed by atoms with E-state index in [0.717, 1.165) is 5.56 Å². The van der Waals surface area contributed by atoms with Crippen LogP contribution >= 0.6 is 11.6 Å². The second-order valence-corrected chi connectivity index (χ2v) is 4.62. The Morgan fingerprint density at radius 1 is 1.25 bits per heavy atom. The number of aryl methyl sites for hydroxylation is 1. The highest BCUT2D eigenvalue weighted by molar-refractivity contribution is 6.31. The summed E-state index contributed by atoms with van der Waals surface area (Å²) in [6.07, 6.45) is 0. The van der Waals surface area contributed by atoms with Crippen LogP contribution in [0.2, 0.25) is 5.02 Å². The molecule has 0 aliphatic carbocycles. The van der Waals surface area contributed by atoms with Crippen molar-refractivity contribution in [3.8, 4) is 0 Å². The van der Waals surface area contributed by atoms with E-state index in [0.29, 0.717) is 5.56 Å². The van der Waals surface area contributed by atoms with Gasteiger partial charge >= 0.3 is 0 Å². The first kappa shape index (κ1) is 14.0.